The molecule has 0 aliphatic carbocycles. The average Bonchev–Trinajstić information content (AvgIpc) is 2.68. The van der Waals surface area contributed by atoms with Crippen LogP contribution in [0.2, 0.25) is 0 Å². The Labute approximate surface area is 91.8 Å². The van der Waals surface area contributed by atoms with E-state index >= 15 is 0 Å². The molecule has 4 heteroatoms. The monoisotopic (exact) mass is 210 g/mol. The van der Waals surface area contributed by atoms with Crippen LogP contribution >= 0.6 is 0 Å². The standard InChI is InChI=1S/C11H22N4/c1-4-10-6-11(15(5-2)14-10)8-13-9(3)7-12/h6,9,13H,4-5,7-8,12H2,1-3H3. The fraction of sp³-hybridized carbons (Fsp3) is 0.727. The summed E-state index contributed by atoms with van der Waals surface area (Å²) in [5.41, 5.74) is 7.96. The van der Waals surface area contributed by atoms with Crippen molar-refractivity contribution in [3.05, 3.63) is 17.5 Å². The minimum atomic E-state index is 0.357. The number of rotatable bonds is 6. The van der Waals surface area contributed by atoms with Crippen molar-refractivity contribution in [1.29, 1.82) is 0 Å². The highest BCUT2D eigenvalue weighted by atomic mass is 15.3. The van der Waals surface area contributed by atoms with E-state index in [-0.39, 0.29) is 0 Å². The van der Waals surface area contributed by atoms with Crippen molar-refractivity contribution in [3.63, 3.8) is 0 Å². The fourth-order valence-corrected chi connectivity index (χ4v) is 1.47. The normalized spacial score (nSPS) is 13.1. The van der Waals surface area contributed by atoms with E-state index < -0.39 is 0 Å². The van der Waals surface area contributed by atoms with Crippen LogP contribution in [0.15, 0.2) is 6.07 Å². The van der Waals surface area contributed by atoms with Crippen LogP contribution in [0.25, 0.3) is 0 Å². The Balaban J connectivity index is 2.62. The lowest BCUT2D eigenvalue weighted by Gasteiger charge is -2.11. The number of hydrogen-bond acceptors (Lipinski definition) is 3. The van der Waals surface area contributed by atoms with Crippen molar-refractivity contribution in [2.45, 2.75) is 46.3 Å². The summed E-state index contributed by atoms with van der Waals surface area (Å²) in [5.74, 6) is 0. The Morgan fingerprint density at radius 2 is 2.27 bits per heavy atom. The largest absolute Gasteiger partial charge is 0.329 e. The van der Waals surface area contributed by atoms with Crippen molar-refractivity contribution in [2.75, 3.05) is 6.54 Å². The van der Waals surface area contributed by atoms with Crippen LogP contribution in [0, 0.1) is 0 Å². The molecule has 4 nitrogen and oxygen atoms in total. The van der Waals surface area contributed by atoms with Crippen molar-refractivity contribution >= 4 is 0 Å². The molecule has 1 rings (SSSR count). The van der Waals surface area contributed by atoms with Crippen LogP contribution in [0.5, 0.6) is 0 Å². The van der Waals surface area contributed by atoms with Gasteiger partial charge in [0.1, 0.15) is 0 Å². The van der Waals surface area contributed by atoms with Gasteiger partial charge in [0, 0.05) is 25.7 Å². The topological polar surface area (TPSA) is 55.9 Å². The molecule has 0 amide bonds. The second kappa shape index (κ2) is 5.88. The van der Waals surface area contributed by atoms with Gasteiger partial charge in [0.05, 0.1) is 11.4 Å². The van der Waals surface area contributed by atoms with E-state index in [1.54, 1.807) is 0 Å². The highest BCUT2D eigenvalue weighted by Crippen LogP contribution is 2.05. The van der Waals surface area contributed by atoms with Gasteiger partial charge in [-0.05, 0) is 26.3 Å². The first-order valence-corrected chi connectivity index (χ1v) is 5.70. The van der Waals surface area contributed by atoms with E-state index in [9.17, 15) is 0 Å². The molecule has 15 heavy (non-hydrogen) atoms. The molecule has 0 radical (unpaired) electrons. The first kappa shape index (κ1) is 12.2. The van der Waals surface area contributed by atoms with Gasteiger partial charge in [-0.15, -0.1) is 0 Å². The first-order chi connectivity index (χ1) is 7.21. The summed E-state index contributed by atoms with van der Waals surface area (Å²) in [6, 6.07) is 2.52. The molecule has 86 valence electrons. The molecule has 0 bridgehead atoms. The molecule has 1 heterocycles. The number of nitrogens with zero attached hydrogens (tertiary/aromatic N) is 2. The maximum Gasteiger partial charge on any atom is 0.0625 e. The number of nitrogens with two attached hydrogens (primary N) is 1. The SMILES string of the molecule is CCc1cc(CNC(C)CN)n(CC)n1. The van der Waals surface area contributed by atoms with Gasteiger partial charge in [0.2, 0.25) is 0 Å². The summed E-state index contributed by atoms with van der Waals surface area (Å²) in [5, 5.41) is 7.87. The smallest absolute Gasteiger partial charge is 0.0625 e. The van der Waals surface area contributed by atoms with E-state index in [0.717, 1.165) is 25.2 Å². The number of hydrogen-bond donors (Lipinski definition) is 2. The lowest BCUT2D eigenvalue weighted by molar-refractivity contribution is 0.521. The summed E-state index contributed by atoms with van der Waals surface area (Å²) < 4.78 is 2.05. The minimum Gasteiger partial charge on any atom is -0.329 e. The zero-order valence-corrected chi connectivity index (χ0v) is 9.95. The van der Waals surface area contributed by atoms with Crippen LogP contribution in [0.1, 0.15) is 32.2 Å². The molecule has 0 saturated carbocycles. The molecule has 0 aliphatic rings. The van der Waals surface area contributed by atoms with Crippen LogP contribution < -0.4 is 11.1 Å². The third kappa shape index (κ3) is 3.32. The summed E-state index contributed by atoms with van der Waals surface area (Å²) >= 11 is 0. The molecule has 1 aromatic heterocycles. The van der Waals surface area contributed by atoms with Crippen molar-refractivity contribution in [2.24, 2.45) is 5.73 Å². The van der Waals surface area contributed by atoms with E-state index in [1.165, 1.54) is 5.69 Å². The number of aromatic nitrogens is 2. The summed E-state index contributed by atoms with van der Waals surface area (Å²) in [6.45, 7) is 8.77. The highest BCUT2D eigenvalue weighted by molar-refractivity contribution is 5.10. The summed E-state index contributed by atoms with van der Waals surface area (Å²) in [7, 11) is 0. The van der Waals surface area contributed by atoms with Crippen LogP contribution in [0.3, 0.4) is 0 Å². The molecule has 0 spiro atoms. The second-order valence-electron chi connectivity index (χ2n) is 3.81. The summed E-state index contributed by atoms with van der Waals surface area (Å²) in [4.78, 5) is 0. The average molecular weight is 210 g/mol. The number of nitrogens with one attached hydrogen (secondary N) is 1. The maximum absolute atomic E-state index is 5.55. The Morgan fingerprint density at radius 1 is 1.53 bits per heavy atom. The molecule has 0 aliphatic heterocycles. The van der Waals surface area contributed by atoms with E-state index in [4.69, 9.17) is 5.73 Å². The quantitative estimate of drug-likeness (QED) is 0.733. The molecule has 0 saturated heterocycles. The second-order valence-corrected chi connectivity index (χ2v) is 3.81. The fourth-order valence-electron chi connectivity index (χ4n) is 1.47. The zero-order chi connectivity index (χ0) is 11.3. The van der Waals surface area contributed by atoms with Crippen molar-refractivity contribution in [3.8, 4) is 0 Å². The Kier molecular flexibility index (Phi) is 4.78. The van der Waals surface area contributed by atoms with Gasteiger partial charge in [0.15, 0.2) is 0 Å². The molecule has 0 aromatic carbocycles. The molecule has 0 fully saturated rings. The Hall–Kier alpha value is -0.870. The predicted molar refractivity (Wildman–Crippen MR) is 62.6 cm³/mol. The highest BCUT2D eigenvalue weighted by Gasteiger charge is 2.06. The molecular weight excluding hydrogens is 188 g/mol. The maximum atomic E-state index is 5.55. The van der Waals surface area contributed by atoms with Crippen molar-refractivity contribution < 1.29 is 0 Å². The van der Waals surface area contributed by atoms with Gasteiger partial charge in [-0.25, -0.2) is 0 Å². The third-order valence-electron chi connectivity index (χ3n) is 2.56. The third-order valence-corrected chi connectivity index (χ3v) is 2.56. The van der Waals surface area contributed by atoms with Gasteiger partial charge in [0.25, 0.3) is 0 Å². The molecule has 1 aromatic rings. The summed E-state index contributed by atoms with van der Waals surface area (Å²) in [6.07, 6.45) is 0.993. The molecule has 1 unspecified atom stereocenters. The lowest BCUT2D eigenvalue weighted by atomic mass is 10.3. The lowest BCUT2D eigenvalue weighted by Crippen LogP contribution is -2.33. The number of aryl methyl sites for hydroxylation is 2. The Bertz CT molecular complexity index is 293. The van der Waals surface area contributed by atoms with Gasteiger partial charge >= 0.3 is 0 Å². The van der Waals surface area contributed by atoms with Crippen LogP contribution in [-0.2, 0) is 19.5 Å². The van der Waals surface area contributed by atoms with E-state index in [0.29, 0.717) is 12.6 Å². The predicted octanol–water partition coefficient (Wildman–Crippen LogP) is 0.902. The molecule has 3 N–H and O–H groups in total. The molecule has 1 atom stereocenters. The van der Waals surface area contributed by atoms with Gasteiger partial charge in [-0.3, -0.25) is 4.68 Å². The van der Waals surface area contributed by atoms with E-state index in [1.807, 2.05) is 0 Å². The van der Waals surface area contributed by atoms with Gasteiger partial charge < -0.3 is 11.1 Å². The Morgan fingerprint density at radius 3 is 2.80 bits per heavy atom. The molecular formula is C11H22N4. The van der Waals surface area contributed by atoms with Crippen LogP contribution in [0.4, 0.5) is 0 Å². The van der Waals surface area contributed by atoms with Crippen molar-refractivity contribution in [1.82, 2.24) is 15.1 Å². The first-order valence-electron chi connectivity index (χ1n) is 5.70. The zero-order valence-electron chi connectivity index (χ0n) is 9.95. The van der Waals surface area contributed by atoms with E-state index in [2.05, 4.69) is 41.9 Å². The van der Waals surface area contributed by atoms with Gasteiger partial charge in [-0.2, -0.15) is 5.10 Å². The van der Waals surface area contributed by atoms with Crippen LogP contribution in [-0.4, -0.2) is 22.4 Å². The minimum absolute atomic E-state index is 0.357. The van der Waals surface area contributed by atoms with Gasteiger partial charge in [-0.1, -0.05) is 6.92 Å².